The van der Waals surface area contributed by atoms with Gasteiger partial charge < -0.3 is 14.4 Å². The average molecular weight is 380 g/mol. The molecule has 0 N–H and O–H groups in total. The maximum atomic E-state index is 13.4. The lowest BCUT2D eigenvalue weighted by atomic mass is 9.79. The summed E-state index contributed by atoms with van der Waals surface area (Å²) in [5, 5.41) is 0. The summed E-state index contributed by atoms with van der Waals surface area (Å²) in [7, 11) is 1.78. The van der Waals surface area contributed by atoms with Crippen molar-refractivity contribution in [2.24, 2.45) is 0 Å². The highest BCUT2D eigenvalue weighted by molar-refractivity contribution is 5.96. The van der Waals surface area contributed by atoms with Gasteiger partial charge in [0, 0.05) is 37.9 Å². The number of aromatic nitrogens is 1. The number of ether oxygens (including phenoxy) is 2. The van der Waals surface area contributed by atoms with Crippen molar-refractivity contribution in [2.45, 2.75) is 57.3 Å². The Balaban J connectivity index is 1.56. The van der Waals surface area contributed by atoms with Crippen molar-refractivity contribution < 1.29 is 14.3 Å². The van der Waals surface area contributed by atoms with Crippen LogP contribution in [-0.4, -0.2) is 47.2 Å². The summed E-state index contributed by atoms with van der Waals surface area (Å²) in [4.78, 5) is 19.7. The number of likely N-dealkylation sites (tertiary alicyclic amines) is 1. The number of benzene rings is 1. The van der Waals surface area contributed by atoms with Crippen LogP contribution in [0.4, 0.5) is 0 Å². The minimum absolute atomic E-state index is 0.0214. The molecule has 5 nitrogen and oxygen atoms in total. The van der Waals surface area contributed by atoms with E-state index in [9.17, 15) is 4.79 Å². The summed E-state index contributed by atoms with van der Waals surface area (Å²) in [6.45, 7) is 4.78. The topological polar surface area (TPSA) is 51.7 Å². The third-order valence-electron chi connectivity index (χ3n) is 6.34. The number of rotatable bonds is 4. The largest absolute Gasteiger partial charge is 0.474 e. The summed E-state index contributed by atoms with van der Waals surface area (Å²) >= 11 is 0. The van der Waals surface area contributed by atoms with Gasteiger partial charge in [0.15, 0.2) is 0 Å². The van der Waals surface area contributed by atoms with Crippen LogP contribution in [0.5, 0.6) is 5.88 Å². The third-order valence-corrected chi connectivity index (χ3v) is 6.34. The number of carbonyl (C=O) groups excluding carboxylic acids is 1. The van der Waals surface area contributed by atoms with Crippen LogP contribution in [0.1, 0.15) is 47.2 Å². The lowest BCUT2D eigenvalue weighted by molar-refractivity contribution is -0.0788. The lowest BCUT2D eigenvalue weighted by Crippen LogP contribution is -2.53. The van der Waals surface area contributed by atoms with E-state index in [0.717, 1.165) is 43.4 Å². The molecule has 1 aromatic heterocycles. The first-order valence-electron chi connectivity index (χ1n) is 10.0. The molecule has 0 spiro atoms. The highest BCUT2D eigenvalue weighted by Gasteiger charge is 2.53. The predicted molar refractivity (Wildman–Crippen MR) is 108 cm³/mol. The summed E-state index contributed by atoms with van der Waals surface area (Å²) in [5.74, 6) is 0.739. The fourth-order valence-corrected chi connectivity index (χ4v) is 4.81. The number of aryl methyl sites for hydroxylation is 2. The zero-order valence-corrected chi connectivity index (χ0v) is 16.9. The minimum atomic E-state index is -0.266. The molecular weight excluding hydrogens is 352 g/mol. The summed E-state index contributed by atoms with van der Waals surface area (Å²) < 4.78 is 12.1. The molecule has 1 saturated carbocycles. The average Bonchev–Trinajstić information content (AvgIpc) is 3.08. The quantitative estimate of drug-likeness (QED) is 0.806. The van der Waals surface area contributed by atoms with Crippen molar-refractivity contribution in [1.29, 1.82) is 0 Å². The number of nitrogens with zero attached hydrogens (tertiary/aromatic N) is 2. The van der Waals surface area contributed by atoms with Crippen molar-refractivity contribution in [1.82, 2.24) is 9.88 Å². The number of hydrogen-bond acceptors (Lipinski definition) is 4. The van der Waals surface area contributed by atoms with E-state index in [0.29, 0.717) is 5.88 Å². The van der Waals surface area contributed by atoms with Crippen molar-refractivity contribution in [3.05, 3.63) is 59.3 Å². The molecule has 3 atom stereocenters. The summed E-state index contributed by atoms with van der Waals surface area (Å²) in [6, 6.07) is 11.7. The van der Waals surface area contributed by atoms with Gasteiger partial charge in [0.25, 0.3) is 5.91 Å². The first kappa shape index (κ1) is 18.9. The Morgan fingerprint density at radius 1 is 1.21 bits per heavy atom. The van der Waals surface area contributed by atoms with Gasteiger partial charge in [0.05, 0.1) is 11.6 Å². The molecule has 1 aliphatic heterocycles. The van der Waals surface area contributed by atoms with Gasteiger partial charge in [-0.25, -0.2) is 4.98 Å². The smallest absolute Gasteiger partial charge is 0.254 e. The molecule has 4 rings (SSSR count). The third kappa shape index (κ3) is 3.39. The van der Waals surface area contributed by atoms with Gasteiger partial charge in [-0.2, -0.15) is 0 Å². The Labute approximate surface area is 166 Å². The normalized spacial score (nSPS) is 26.8. The van der Waals surface area contributed by atoms with Crippen molar-refractivity contribution in [2.75, 3.05) is 13.7 Å². The Morgan fingerprint density at radius 3 is 2.79 bits per heavy atom. The number of pyridine rings is 1. The van der Waals surface area contributed by atoms with E-state index < -0.39 is 0 Å². The standard InChI is InChI=1S/C23H28N2O3/c1-16-7-8-19(17(2)14-16)22(26)25-13-11-23(27-3)10-9-18(15-20(23)25)28-21-6-4-5-12-24-21/h4-8,12,14,18,20H,9-11,13,15H2,1-3H3/t18?,20?,23-/m1/s1. The maximum absolute atomic E-state index is 13.4. The highest BCUT2D eigenvalue weighted by Crippen LogP contribution is 2.43. The Hall–Kier alpha value is -2.40. The van der Waals surface area contributed by atoms with Gasteiger partial charge in [0.1, 0.15) is 6.10 Å². The van der Waals surface area contributed by atoms with E-state index >= 15 is 0 Å². The highest BCUT2D eigenvalue weighted by atomic mass is 16.5. The molecule has 2 aliphatic rings. The number of fused-ring (bicyclic) bond motifs is 1. The molecule has 0 bridgehead atoms. The second-order valence-corrected chi connectivity index (χ2v) is 8.03. The van der Waals surface area contributed by atoms with Crippen LogP contribution in [0.15, 0.2) is 42.6 Å². The molecule has 2 aromatic rings. The molecule has 28 heavy (non-hydrogen) atoms. The van der Waals surface area contributed by atoms with Crippen LogP contribution in [-0.2, 0) is 4.74 Å². The van der Waals surface area contributed by atoms with Gasteiger partial charge in [0.2, 0.25) is 5.88 Å². The first-order chi connectivity index (χ1) is 13.5. The van der Waals surface area contributed by atoms with Gasteiger partial charge in [-0.05, 0) is 50.8 Å². The van der Waals surface area contributed by atoms with Gasteiger partial charge >= 0.3 is 0 Å². The Kier molecular flexibility index (Phi) is 5.11. The second-order valence-electron chi connectivity index (χ2n) is 8.03. The number of amides is 1. The molecular formula is C23H28N2O3. The number of methoxy groups -OCH3 is 1. The van der Waals surface area contributed by atoms with Crippen molar-refractivity contribution in [3.63, 3.8) is 0 Å². The first-order valence-corrected chi connectivity index (χ1v) is 10.0. The zero-order valence-electron chi connectivity index (χ0n) is 16.9. The van der Waals surface area contributed by atoms with Crippen LogP contribution in [0.3, 0.4) is 0 Å². The maximum Gasteiger partial charge on any atom is 0.254 e. The van der Waals surface area contributed by atoms with Gasteiger partial charge in [-0.3, -0.25) is 4.79 Å². The Bertz CT molecular complexity index is 854. The van der Waals surface area contributed by atoms with E-state index in [2.05, 4.69) is 11.1 Å². The zero-order chi connectivity index (χ0) is 19.7. The van der Waals surface area contributed by atoms with Gasteiger partial charge in [-0.1, -0.05) is 23.8 Å². The lowest BCUT2D eigenvalue weighted by Gasteiger charge is -2.43. The van der Waals surface area contributed by atoms with Crippen molar-refractivity contribution >= 4 is 5.91 Å². The van der Waals surface area contributed by atoms with Gasteiger partial charge in [-0.15, -0.1) is 0 Å². The molecule has 2 unspecified atom stereocenters. The van der Waals surface area contributed by atoms with E-state index in [1.807, 2.05) is 49.1 Å². The Morgan fingerprint density at radius 2 is 2.07 bits per heavy atom. The van der Waals surface area contributed by atoms with Crippen LogP contribution >= 0.6 is 0 Å². The fourth-order valence-electron chi connectivity index (χ4n) is 4.81. The minimum Gasteiger partial charge on any atom is -0.474 e. The molecule has 5 heteroatoms. The number of hydrogen-bond donors (Lipinski definition) is 0. The second kappa shape index (κ2) is 7.55. The van der Waals surface area contributed by atoms with Crippen LogP contribution in [0.25, 0.3) is 0 Å². The number of carbonyl (C=O) groups is 1. The summed E-state index contributed by atoms with van der Waals surface area (Å²) in [6.07, 6.45) is 5.22. The van der Waals surface area contributed by atoms with E-state index in [1.165, 1.54) is 5.56 Å². The molecule has 148 valence electrons. The molecule has 2 heterocycles. The molecule has 1 aliphatic carbocycles. The van der Waals surface area contributed by atoms with E-state index in [-0.39, 0.29) is 23.7 Å². The van der Waals surface area contributed by atoms with Crippen LogP contribution in [0, 0.1) is 13.8 Å². The van der Waals surface area contributed by atoms with E-state index in [1.54, 1.807) is 13.3 Å². The van der Waals surface area contributed by atoms with Crippen LogP contribution in [0.2, 0.25) is 0 Å². The fraction of sp³-hybridized carbons (Fsp3) is 0.478. The van der Waals surface area contributed by atoms with E-state index in [4.69, 9.17) is 9.47 Å². The predicted octanol–water partition coefficient (Wildman–Crippen LogP) is 3.93. The molecule has 2 fully saturated rings. The molecule has 1 aromatic carbocycles. The van der Waals surface area contributed by atoms with Crippen molar-refractivity contribution in [3.8, 4) is 5.88 Å². The summed E-state index contributed by atoms with van der Waals surface area (Å²) in [5.41, 5.74) is 2.71. The molecule has 1 saturated heterocycles. The molecule has 1 amide bonds. The monoisotopic (exact) mass is 380 g/mol. The molecule has 0 radical (unpaired) electrons. The van der Waals surface area contributed by atoms with Crippen LogP contribution < -0.4 is 4.74 Å². The SMILES string of the molecule is CO[C@@]12CCC(Oc3ccccn3)CC1N(C(=O)c1ccc(C)cc1C)CC2.